The number of amides is 5. The molecule has 0 aromatic heterocycles. The number of nitrogens with zero attached hydrogens (tertiary/aromatic N) is 2. The molecule has 0 spiro atoms. The van der Waals surface area contributed by atoms with E-state index in [-0.39, 0.29) is 32.2 Å². The third-order valence-corrected chi connectivity index (χ3v) is 13.0. The van der Waals surface area contributed by atoms with Gasteiger partial charge in [0.25, 0.3) is 5.91 Å². The molecule has 1 aromatic rings. The molecule has 2 aliphatic carbocycles. The normalized spacial score (nSPS) is 28.8. The third kappa shape index (κ3) is 8.39. The molecule has 288 valence electrons. The predicted molar refractivity (Wildman–Crippen MR) is 194 cm³/mol. The Morgan fingerprint density at radius 1 is 1.08 bits per heavy atom. The second-order valence-electron chi connectivity index (χ2n) is 16.0. The van der Waals surface area contributed by atoms with Gasteiger partial charge in [-0.25, -0.2) is 18.0 Å². The minimum atomic E-state index is -4.09. The molecule has 5 atom stereocenters. The molecule has 15 heteroatoms. The van der Waals surface area contributed by atoms with E-state index in [0.29, 0.717) is 38.8 Å². The molecule has 53 heavy (non-hydrogen) atoms. The van der Waals surface area contributed by atoms with E-state index in [1.807, 2.05) is 36.4 Å². The lowest BCUT2D eigenvalue weighted by molar-refractivity contribution is -0.141. The third-order valence-electron chi connectivity index (χ3n) is 10.8. The fourth-order valence-electron chi connectivity index (χ4n) is 7.60. The summed E-state index contributed by atoms with van der Waals surface area (Å²) < 4.78 is 39.3. The van der Waals surface area contributed by atoms with Gasteiger partial charge in [0.2, 0.25) is 21.8 Å². The summed E-state index contributed by atoms with van der Waals surface area (Å²) in [5, 5.41) is 5.54. The molecule has 0 bridgehead atoms. The Balaban J connectivity index is 1.26. The van der Waals surface area contributed by atoms with Crippen LogP contribution in [0.25, 0.3) is 0 Å². The first-order valence-corrected chi connectivity index (χ1v) is 20.0. The number of benzene rings is 1. The summed E-state index contributed by atoms with van der Waals surface area (Å²) in [4.78, 5) is 71.8. The van der Waals surface area contributed by atoms with Gasteiger partial charge in [-0.1, -0.05) is 55.3 Å². The molecular formula is C38H51N5O9S. The first-order valence-electron chi connectivity index (χ1n) is 18.6. The second-order valence-corrected chi connectivity index (χ2v) is 18.1. The number of carbonyl (C=O) groups excluding carboxylic acids is 5. The summed E-state index contributed by atoms with van der Waals surface area (Å²) in [6.45, 7) is 9.40. The van der Waals surface area contributed by atoms with E-state index in [1.54, 1.807) is 25.7 Å². The van der Waals surface area contributed by atoms with Crippen LogP contribution in [0.15, 0.2) is 49.1 Å². The van der Waals surface area contributed by atoms with Crippen molar-refractivity contribution in [2.45, 2.75) is 132 Å². The molecule has 1 saturated heterocycles. The number of nitrogens with one attached hydrogen (secondary N) is 3. The number of hydrogen-bond donors (Lipinski definition) is 3. The molecule has 6 rings (SSSR count). The number of alkyl carbamates (subject to hydrolysis) is 1. The van der Waals surface area contributed by atoms with Crippen molar-refractivity contribution in [3.8, 4) is 0 Å². The quantitative estimate of drug-likeness (QED) is 0.348. The number of fused-ring (bicyclic) bond motifs is 3. The monoisotopic (exact) mass is 753 g/mol. The number of ether oxygens (including phenoxy) is 2. The highest BCUT2D eigenvalue weighted by Gasteiger charge is 2.63. The summed E-state index contributed by atoms with van der Waals surface area (Å²) in [7, 11) is -4.09. The molecule has 3 N–H and O–H groups in total. The number of allylic oxidation sites excluding steroid dienone is 2. The summed E-state index contributed by atoms with van der Waals surface area (Å²) in [6, 6.07) is 5.45. The van der Waals surface area contributed by atoms with Crippen molar-refractivity contribution in [1.29, 1.82) is 0 Å². The fraction of sp³-hybridized carbons (Fsp3) is 0.605. The standard InChI is InChI=1S/C38H51N5O9S/c1-5-17-37(18-19-37)53(49,50)41-33(46)38-21-27(38)15-9-7-6-8-10-16-29(39-34(47)52-36(2,3)4)32(45)43-24-28(20-30(43)31(44)40-38)51-35(48)42-22-25-13-11-12-14-26(25)23-42/h5,9,11-15,27-30H,1,6-8,10,16-24H2,2-4H3,(H,39,47)(H,40,44)(H,41,46)/b15-9-/t27-,28+,29-,30-,38-/m0/s1. The van der Waals surface area contributed by atoms with Crippen LogP contribution in [0, 0.1) is 5.92 Å². The smallest absolute Gasteiger partial charge is 0.410 e. The van der Waals surface area contributed by atoms with Crippen molar-refractivity contribution in [2.24, 2.45) is 5.92 Å². The Morgan fingerprint density at radius 2 is 1.77 bits per heavy atom. The number of hydrogen-bond acceptors (Lipinski definition) is 9. The summed E-state index contributed by atoms with van der Waals surface area (Å²) in [5.74, 6) is -2.55. The molecule has 3 heterocycles. The van der Waals surface area contributed by atoms with E-state index in [2.05, 4.69) is 21.9 Å². The van der Waals surface area contributed by atoms with Gasteiger partial charge >= 0.3 is 12.2 Å². The zero-order valence-corrected chi connectivity index (χ0v) is 31.5. The van der Waals surface area contributed by atoms with Crippen molar-refractivity contribution in [2.75, 3.05) is 6.54 Å². The number of carbonyl (C=O) groups is 5. The Kier molecular flexibility index (Phi) is 10.7. The topological polar surface area (TPSA) is 181 Å². The Morgan fingerprint density at radius 3 is 2.42 bits per heavy atom. The molecule has 0 unspecified atom stereocenters. The van der Waals surface area contributed by atoms with Gasteiger partial charge in [0.15, 0.2) is 0 Å². The zero-order valence-electron chi connectivity index (χ0n) is 30.7. The number of rotatable bonds is 7. The van der Waals surface area contributed by atoms with Crippen LogP contribution in [0.3, 0.4) is 0 Å². The van der Waals surface area contributed by atoms with Gasteiger partial charge in [0.1, 0.15) is 29.3 Å². The lowest BCUT2D eigenvalue weighted by atomic mass is 10.0. The maximum Gasteiger partial charge on any atom is 0.410 e. The number of sulfonamides is 1. The molecule has 2 saturated carbocycles. The van der Waals surface area contributed by atoms with Crippen LogP contribution in [-0.2, 0) is 47.0 Å². The van der Waals surface area contributed by atoms with Crippen molar-refractivity contribution in [3.63, 3.8) is 0 Å². The lowest BCUT2D eigenvalue weighted by Gasteiger charge is -2.30. The molecule has 3 aliphatic heterocycles. The average molecular weight is 754 g/mol. The van der Waals surface area contributed by atoms with E-state index in [9.17, 15) is 32.4 Å². The van der Waals surface area contributed by atoms with Crippen LogP contribution in [0.5, 0.6) is 0 Å². The van der Waals surface area contributed by atoms with Crippen molar-refractivity contribution >= 4 is 39.9 Å². The van der Waals surface area contributed by atoms with Crippen molar-refractivity contribution in [3.05, 3.63) is 60.2 Å². The van der Waals surface area contributed by atoms with E-state index in [4.69, 9.17) is 9.47 Å². The van der Waals surface area contributed by atoms with Gasteiger partial charge in [0, 0.05) is 25.4 Å². The van der Waals surface area contributed by atoms with E-state index >= 15 is 0 Å². The van der Waals surface area contributed by atoms with Crippen LogP contribution in [-0.4, -0.2) is 88.7 Å². The fourth-order valence-corrected chi connectivity index (χ4v) is 9.22. The maximum absolute atomic E-state index is 14.4. The van der Waals surface area contributed by atoms with Gasteiger partial charge in [-0.3, -0.25) is 24.0 Å². The van der Waals surface area contributed by atoms with Crippen LogP contribution in [0.2, 0.25) is 0 Å². The molecular weight excluding hydrogens is 703 g/mol. The molecule has 3 fully saturated rings. The van der Waals surface area contributed by atoms with Crippen LogP contribution in [0.1, 0.15) is 96.1 Å². The molecule has 1 aromatic carbocycles. The van der Waals surface area contributed by atoms with E-state index < -0.39 is 79.9 Å². The largest absolute Gasteiger partial charge is 0.444 e. The van der Waals surface area contributed by atoms with Gasteiger partial charge in [-0.2, -0.15) is 0 Å². The zero-order chi connectivity index (χ0) is 38.2. The predicted octanol–water partition coefficient (Wildman–Crippen LogP) is 3.95. The first kappa shape index (κ1) is 38.3. The van der Waals surface area contributed by atoms with Gasteiger partial charge < -0.3 is 25.0 Å². The highest BCUT2D eigenvalue weighted by Crippen LogP contribution is 2.49. The molecule has 5 amide bonds. The average Bonchev–Trinajstić information content (AvgIpc) is 3.91. The Hall–Kier alpha value is -4.40. The first-order chi connectivity index (χ1) is 25.1. The molecule has 5 aliphatic rings. The highest BCUT2D eigenvalue weighted by atomic mass is 32.2. The lowest BCUT2D eigenvalue weighted by Crippen LogP contribution is -2.58. The maximum atomic E-state index is 14.4. The summed E-state index contributed by atoms with van der Waals surface area (Å²) in [5.41, 5.74) is -0.378. The van der Waals surface area contributed by atoms with Crippen molar-refractivity contribution < 1.29 is 41.9 Å². The highest BCUT2D eigenvalue weighted by molar-refractivity contribution is 7.91. The van der Waals surface area contributed by atoms with E-state index in [0.717, 1.165) is 24.0 Å². The van der Waals surface area contributed by atoms with E-state index in [1.165, 1.54) is 11.0 Å². The van der Waals surface area contributed by atoms with Crippen molar-refractivity contribution in [1.82, 2.24) is 25.2 Å². The second kappa shape index (κ2) is 14.8. The Bertz CT molecular complexity index is 1760. The minimum Gasteiger partial charge on any atom is -0.444 e. The van der Waals surface area contributed by atoms with Crippen LogP contribution < -0.4 is 15.4 Å². The summed E-state index contributed by atoms with van der Waals surface area (Å²) in [6.07, 6.45) is 7.18. The van der Waals surface area contributed by atoms with Gasteiger partial charge in [-0.15, -0.1) is 6.58 Å². The SMILES string of the molecule is C=CCC1(S(=O)(=O)NC(=O)[C@]23C[C@@H]2/C=C\CCCCC[C@H](NC(=O)OC(C)(C)C)C(=O)N2C[C@H](OC(=O)N4Cc5ccccc5C4)C[C@H]2C(=O)N3)CC1. The van der Waals surface area contributed by atoms with Gasteiger partial charge in [0.05, 0.1) is 11.3 Å². The van der Waals surface area contributed by atoms with Crippen LogP contribution >= 0.6 is 0 Å². The summed E-state index contributed by atoms with van der Waals surface area (Å²) >= 11 is 0. The molecule has 0 radical (unpaired) electrons. The van der Waals surface area contributed by atoms with Crippen LogP contribution in [0.4, 0.5) is 9.59 Å². The molecule has 14 nitrogen and oxygen atoms in total. The minimum absolute atomic E-state index is 0.0673. The van der Waals surface area contributed by atoms with Gasteiger partial charge in [-0.05, 0) is 76.8 Å². The Labute approximate surface area is 311 Å².